The van der Waals surface area contributed by atoms with Crippen LogP contribution in [0.25, 0.3) is 0 Å². The number of rotatable bonds is 6. The molecule has 0 saturated heterocycles. The Morgan fingerprint density at radius 1 is 0.860 bits per heavy atom. The summed E-state index contributed by atoms with van der Waals surface area (Å²) in [5.41, 5.74) is 4.45. The quantitative estimate of drug-likeness (QED) is 0.292. The van der Waals surface area contributed by atoms with Crippen molar-refractivity contribution >= 4 is 23.1 Å². The second kappa shape index (κ2) is 12.0. The molecular weight excluding hydrogens is 549 g/mol. The Hall–Kier alpha value is -3.87. The molecule has 0 radical (unpaired) electrons. The van der Waals surface area contributed by atoms with Gasteiger partial charge in [0, 0.05) is 24.1 Å². The molecule has 2 atom stereocenters. The molecule has 5 rings (SSSR count). The van der Waals surface area contributed by atoms with Crippen LogP contribution in [0, 0.1) is 0 Å². The van der Waals surface area contributed by atoms with Crippen molar-refractivity contribution in [2.75, 3.05) is 10.2 Å². The van der Waals surface area contributed by atoms with E-state index in [2.05, 4.69) is 57.3 Å². The fourth-order valence-electron chi connectivity index (χ4n) is 6.17. The minimum Gasteiger partial charge on any atom is -0.357 e. The van der Waals surface area contributed by atoms with Crippen molar-refractivity contribution in [3.8, 4) is 0 Å². The van der Waals surface area contributed by atoms with E-state index in [0.29, 0.717) is 41.1 Å². The van der Waals surface area contributed by atoms with Gasteiger partial charge in [-0.15, -0.1) is 0 Å². The Bertz CT molecular complexity index is 1520. The lowest BCUT2D eigenvalue weighted by Gasteiger charge is -2.35. The van der Waals surface area contributed by atoms with E-state index < -0.39 is 17.8 Å². The first-order valence-corrected chi connectivity index (χ1v) is 15.1. The number of nitrogens with one attached hydrogen (secondary N) is 1. The molecule has 0 bridgehead atoms. The molecule has 1 aliphatic heterocycles. The number of para-hydroxylation sites is 2. The monoisotopic (exact) mass is 588 g/mol. The maximum absolute atomic E-state index is 14.2. The molecule has 1 aliphatic carbocycles. The fraction of sp³-hybridized carbons (Fsp3) is 0.389. The molecule has 226 valence electrons. The van der Waals surface area contributed by atoms with Crippen LogP contribution in [0.4, 0.5) is 24.5 Å². The van der Waals surface area contributed by atoms with E-state index in [4.69, 9.17) is 0 Å². The molecule has 1 amide bonds. The predicted molar refractivity (Wildman–Crippen MR) is 165 cm³/mol. The van der Waals surface area contributed by atoms with Gasteiger partial charge in [0.1, 0.15) is 0 Å². The number of carbonyl (C=O) groups excluding carboxylic acids is 2. The van der Waals surface area contributed by atoms with E-state index in [1.165, 1.54) is 17.7 Å². The van der Waals surface area contributed by atoms with Crippen molar-refractivity contribution in [2.24, 2.45) is 0 Å². The summed E-state index contributed by atoms with van der Waals surface area (Å²) in [5, 5.41) is 3.50. The van der Waals surface area contributed by atoms with Gasteiger partial charge in [0.15, 0.2) is 5.78 Å². The first kappa shape index (κ1) is 30.6. The van der Waals surface area contributed by atoms with Crippen LogP contribution >= 0.6 is 0 Å². The lowest BCUT2D eigenvalue weighted by molar-refractivity contribution is -0.137. The number of benzene rings is 3. The number of Topliss-reactive ketones (excluding diaryl/α,β-unsaturated/α-hetero) is 1. The smallest absolute Gasteiger partial charge is 0.357 e. The van der Waals surface area contributed by atoms with E-state index in [0.717, 1.165) is 30.5 Å². The highest BCUT2D eigenvalue weighted by molar-refractivity contribution is 6.06. The topological polar surface area (TPSA) is 49.4 Å². The van der Waals surface area contributed by atoms with Crippen molar-refractivity contribution in [1.29, 1.82) is 0 Å². The van der Waals surface area contributed by atoms with E-state index in [9.17, 15) is 22.8 Å². The minimum absolute atomic E-state index is 0.00513. The Kier molecular flexibility index (Phi) is 8.55. The van der Waals surface area contributed by atoms with Crippen LogP contribution < -0.4 is 10.2 Å². The van der Waals surface area contributed by atoms with Gasteiger partial charge in [0.25, 0.3) is 0 Å². The number of allylic oxidation sites excluding steroid dienone is 1. The van der Waals surface area contributed by atoms with Gasteiger partial charge in [-0.05, 0) is 65.1 Å². The van der Waals surface area contributed by atoms with Crippen molar-refractivity contribution in [2.45, 2.75) is 89.8 Å². The van der Waals surface area contributed by atoms with Crippen LogP contribution in [0.5, 0.6) is 0 Å². The van der Waals surface area contributed by atoms with E-state index in [1.54, 1.807) is 4.90 Å². The summed E-state index contributed by atoms with van der Waals surface area (Å²) in [6.45, 7) is 8.54. The first-order valence-electron chi connectivity index (χ1n) is 15.1. The molecule has 4 nitrogen and oxygen atoms in total. The summed E-state index contributed by atoms with van der Waals surface area (Å²) < 4.78 is 40.5. The van der Waals surface area contributed by atoms with Crippen molar-refractivity contribution in [3.05, 3.63) is 106 Å². The maximum atomic E-state index is 14.2. The zero-order chi connectivity index (χ0) is 30.9. The van der Waals surface area contributed by atoms with Gasteiger partial charge in [-0.3, -0.25) is 14.5 Å². The highest BCUT2D eigenvalue weighted by Crippen LogP contribution is 2.48. The van der Waals surface area contributed by atoms with Crippen molar-refractivity contribution in [1.82, 2.24) is 0 Å². The summed E-state index contributed by atoms with van der Waals surface area (Å²) in [7, 11) is 0. The number of carbonyl (C=O) groups is 2. The zero-order valence-corrected chi connectivity index (χ0v) is 25.2. The minimum atomic E-state index is -4.49. The van der Waals surface area contributed by atoms with Gasteiger partial charge < -0.3 is 5.32 Å². The molecule has 1 N–H and O–H groups in total. The summed E-state index contributed by atoms with van der Waals surface area (Å²) >= 11 is 0. The molecule has 3 aromatic rings. The largest absolute Gasteiger partial charge is 0.416 e. The molecule has 0 fully saturated rings. The Labute approximate surface area is 252 Å². The SMILES string of the molecule is CCCCCC(=O)N1c2ccccc2NC2=C(C(=O)CC(c3ccc(C(C)(C)C)cc3)C2)C1c1ccc(C(F)(F)F)cc1. The number of amides is 1. The number of fused-ring (bicyclic) bond motifs is 1. The highest BCUT2D eigenvalue weighted by atomic mass is 19.4. The third kappa shape index (κ3) is 6.41. The average Bonchev–Trinajstić information content (AvgIpc) is 3.11. The van der Waals surface area contributed by atoms with Crippen LogP contribution in [0.1, 0.15) is 100 Å². The van der Waals surface area contributed by atoms with Gasteiger partial charge in [0.2, 0.25) is 5.91 Å². The standard InChI is InChI=1S/C36H39F3N2O2/c1-5-6-7-12-32(43)41-30-11-9-8-10-28(30)40-29-21-25(23-13-17-26(18-14-23)35(2,3)4)22-31(42)33(29)34(41)24-15-19-27(20-16-24)36(37,38)39/h8-11,13-20,25,34,40H,5-7,12,21-22H2,1-4H3. The lowest BCUT2D eigenvalue weighted by Crippen LogP contribution is -2.38. The molecule has 2 unspecified atom stereocenters. The molecule has 0 spiro atoms. The predicted octanol–water partition coefficient (Wildman–Crippen LogP) is 9.48. The first-order chi connectivity index (χ1) is 20.4. The van der Waals surface area contributed by atoms with Crippen LogP contribution in [0.3, 0.4) is 0 Å². The number of unbranched alkanes of at least 4 members (excludes halogenated alkanes) is 2. The number of hydrogen-bond donors (Lipinski definition) is 1. The molecule has 7 heteroatoms. The summed E-state index contributed by atoms with van der Waals surface area (Å²) in [6.07, 6.45) is -0.911. The Morgan fingerprint density at radius 3 is 2.12 bits per heavy atom. The molecular formula is C36H39F3N2O2. The van der Waals surface area contributed by atoms with Crippen LogP contribution in [0.2, 0.25) is 0 Å². The van der Waals surface area contributed by atoms with Gasteiger partial charge in [-0.1, -0.05) is 89.1 Å². The summed E-state index contributed by atoms with van der Waals surface area (Å²) in [4.78, 5) is 29.8. The summed E-state index contributed by atoms with van der Waals surface area (Å²) in [6, 6.07) is 19.9. The number of halogens is 3. The lowest BCUT2D eigenvalue weighted by atomic mass is 9.77. The number of alkyl halides is 3. The Morgan fingerprint density at radius 2 is 1.49 bits per heavy atom. The maximum Gasteiger partial charge on any atom is 0.416 e. The normalized spacial score (nSPS) is 19.0. The third-order valence-electron chi connectivity index (χ3n) is 8.55. The van der Waals surface area contributed by atoms with Crippen LogP contribution in [-0.2, 0) is 21.2 Å². The van der Waals surface area contributed by atoms with E-state index in [1.807, 2.05) is 24.3 Å². The molecule has 43 heavy (non-hydrogen) atoms. The molecule has 0 saturated carbocycles. The number of hydrogen-bond acceptors (Lipinski definition) is 3. The van der Waals surface area contributed by atoms with Crippen molar-refractivity contribution in [3.63, 3.8) is 0 Å². The van der Waals surface area contributed by atoms with Gasteiger partial charge in [0.05, 0.1) is 23.0 Å². The fourth-order valence-corrected chi connectivity index (χ4v) is 6.17. The summed E-state index contributed by atoms with van der Waals surface area (Å²) in [5.74, 6) is -0.336. The highest BCUT2D eigenvalue weighted by Gasteiger charge is 2.42. The second-order valence-corrected chi connectivity index (χ2v) is 12.7. The van der Waals surface area contributed by atoms with Gasteiger partial charge in [-0.2, -0.15) is 13.2 Å². The van der Waals surface area contributed by atoms with E-state index >= 15 is 0 Å². The molecule has 1 heterocycles. The second-order valence-electron chi connectivity index (χ2n) is 12.7. The van der Waals surface area contributed by atoms with Crippen molar-refractivity contribution < 1.29 is 22.8 Å². The van der Waals surface area contributed by atoms with Gasteiger partial charge >= 0.3 is 6.18 Å². The molecule has 3 aromatic carbocycles. The Balaban J connectivity index is 1.63. The average molecular weight is 589 g/mol. The number of ketones is 1. The van der Waals surface area contributed by atoms with Crippen LogP contribution in [-0.4, -0.2) is 11.7 Å². The molecule has 0 aromatic heterocycles. The number of anilines is 2. The van der Waals surface area contributed by atoms with Gasteiger partial charge in [-0.25, -0.2) is 0 Å². The molecule has 2 aliphatic rings. The number of nitrogens with zero attached hydrogens (tertiary/aromatic N) is 1. The van der Waals surface area contributed by atoms with E-state index in [-0.39, 0.29) is 35.9 Å². The van der Waals surface area contributed by atoms with Crippen LogP contribution in [0.15, 0.2) is 84.1 Å². The third-order valence-corrected chi connectivity index (χ3v) is 8.55. The zero-order valence-electron chi connectivity index (χ0n) is 25.2.